The van der Waals surface area contributed by atoms with Gasteiger partial charge in [0.25, 0.3) is 10.1 Å². The van der Waals surface area contributed by atoms with Crippen molar-refractivity contribution in [1.82, 2.24) is 5.01 Å². The van der Waals surface area contributed by atoms with Gasteiger partial charge in [0.1, 0.15) is 0 Å². The number of hydrogen-bond acceptors (Lipinski definition) is 5. The van der Waals surface area contributed by atoms with Crippen molar-refractivity contribution >= 4 is 10.1 Å². The summed E-state index contributed by atoms with van der Waals surface area (Å²) >= 11 is 0. The monoisotopic (exact) mass is 184 g/mol. The standard InChI is InChI=1S/C4H12N2O4S/c5-6(1-3-7)2-4-11(8,9)10/h7H,1-5H2,(H,8,9,10). The summed E-state index contributed by atoms with van der Waals surface area (Å²) in [6.45, 7) is 0.0664. The first kappa shape index (κ1) is 10.8. The van der Waals surface area contributed by atoms with Crippen LogP contribution < -0.4 is 5.84 Å². The molecule has 11 heavy (non-hydrogen) atoms. The van der Waals surface area contributed by atoms with E-state index in [2.05, 4.69) is 0 Å². The minimum absolute atomic E-state index is 0.0133. The highest BCUT2D eigenvalue weighted by atomic mass is 32.2. The molecule has 0 atom stereocenters. The fourth-order valence-corrected chi connectivity index (χ4v) is 0.938. The molecule has 0 bridgehead atoms. The molecule has 0 saturated heterocycles. The molecule has 0 aromatic carbocycles. The van der Waals surface area contributed by atoms with Gasteiger partial charge in [0, 0.05) is 13.1 Å². The van der Waals surface area contributed by atoms with Gasteiger partial charge in [0.05, 0.1) is 12.4 Å². The van der Waals surface area contributed by atoms with Crippen LogP contribution in [-0.2, 0) is 10.1 Å². The minimum Gasteiger partial charge on any atom is -0.395 e. The van der Waals surface area contributed by atoms with Crippen molar-refractivity contribution < 1.29 is 18.1 Å². The molecular weight excluding hydrogens is 172 g/mol. The van der Waals surface area contributed by atoms with Gasteiger partial charge in [-0.1, -0.05) is 0 Å². The molecule has 0 rings (SSSR count). The smallest absolute Gasteiger partial charge is 0.266 e. The fraction of sp³-hybridized carbons (Fsp3) is 1.00. The Morgan fingerprint density at radius 2 is 1.91 bits per heavy atom. The van der Waals surface area contributed by atoms with Gasteiger partial charge in [0.2, 0.25) is 0 Å². The third kappa shape index (κ3) is 7.69. The average molecular weight is 184 g/mol. The largest absolute Gasteiger partial charge is 0.395 e. The molecule has 7 heteroatoms. The van der Waals surface area contributed by atoms with Crippen LogP contribution >= 0.6 is 0 Å². The number of rotatable bonds is 5. The summed E-state index contributed by atoms with van der Waals surface area (Å²) in [6, 6.07) is 0. The van der Waals surface area contributed by atoms with Crippen molar-refractivity contribution in [2.45, 2.75) is 0 Å². The second-order valence-corrected chi connectivity index (χ2v) is 3.62. The second kappa shape index (κ2) is 4.62. The topological polar surface area (TPSA) is 104 Å². The molecule has 0 unspecified atom stereocenters. The Morgan fingerprint density at radius 3 is 2.27 bits per heavy atom. The SMILES string of the molecule is NN(CCO)CCS(=O)(=O)O. The molecule has 0 aromatic heterocycles. The first-order chi connectivity index (χ1) is 4.95. The van der Waals surface area contributed by atoms with E-state index in [9.17, 15) is 8.42 Å². The van der Waals surface area contributed by atoms with E-state index in [1.54, 1.807) is 0 Å². The summed E-state index contributed by atoms with van der Waals surface area (Å²) in [6.07, 6.45) is 0. The van der Waals surface area contributed by atoms with Crippen molar-refractivity contribution in [3.8, 4) is 0 Å². The zero-order chi connectivity index (χ0) is 8.91. The summed E-state index contributed by atoms with van der Waals surface area (Å²) in [4.78, 5) is 0. The molecule has 0 fully saturated rings. The van der Waals surface area contributed by atoms with E-state index in [0.717, 1.165) is 5.01 Å². The molecule has 0 aliphatic heterocycles. The molecular formula is C4H12N2O4S. The Bertz CT molecular complexity index is 190. The number of nitrogens with zero attached hydrogens (tertiary/aromatic N) is 1. The highest BCUT2D eigenvalue weighted by molar-refractivity contribution is 7.85. The van der Waals surface area contributed by atoms with Crippen LogP contribution in [-0.4, -0.2) is 48.5 Å². The molecule has 0 aliphatic rings. The van der Waals surface area contributed by atoms with Gasteiger partial charge in [-0.2, -0.15) is 8.42 Å². The van der Waals surface area contributed by atoms with E-state index < -0.39 is 15.9 Å². The van der Waals surface area contributed by atoms with Crippen LogP contribution in [0.3, 0.4) is 0 Å². The van der Waals surface area contributed by atoms with E-state index in [1.165, 1.54) is 0 Å². The van der Waals surface area contributed by atoms with Crippen molar-refractivity contribution in [3.63, 3.8) is 0 Å². The van der Waals surface area contributed by atoms with Gasteiger partial charge in [-0.3, -0.25) is 10.4 Å². The third-order valence-corrected chi connectivity index (χ3v) is 1.72. The highest BCUT2D eigenvalue weighted by Gasteiger charge is 2.06. The van der Waals surface area contributed by atoms with Crippen LogP contribution in [0, 0.1) is 0 Å². The van der Waals surface area contributed by atoms with Gasteiger partial charge in [-0.15, -0.1) is 0 Å². The van der Waals surface area contributed by atoms with Crippen molar-refractivity contribution in [2.24, 2.45) is 5.84 Å². The molecule has 0 aliphatic carbocycles. The first-order valence-corrected chi connectivity index (χ1v) is 4.62. The van der Waals surface area contributed by atoms with Crippen molar-refractivity contribution in [2.75, 3.05) is 25.4 Å². The summed E-state index contributed by atoms with van der Waals surface area (Å²) in [5.74, 6) is 4.78. The summed E-state index contributed by atoms with van der Waals surface area (Å²) in [7, 11) is -3.94. The maximum absolute atomic E-state index is 10.2. The Kier molecular flexibility index (Phi) is 4.54. The third-order valence-electron chi connectivity index (χ3n) is 1.02. The quantitative estimate of drug-likeness (QED) is 0.260. The molecule has 0 saturated carbocycles. The van der Waals surface area contributed by atoms with E-state index in [-0.39, 0.29) is 19.7 Å². The Labute approximate surface area is 65.3 Å². The van der Waals surface area contributed by atoms with Crippen LogP contribution in [0.15, 0.2) is 0 Å². The predicted molar refractivity (Wildman–Crippen MR) is 39.3 cm³/mol. The normalized spacial score (nSPS) is 12.4. The summed E-state index contributed by atoms with van der Waals surface area (Å²) in [5, 5.41) is 9.45. The summed E-state index contributed by atoms with van der Waals surface area (Å²) in [5.41, 5.74) is 0. The molecule has 0 heterocycles. The molecule has 0 aromatic rings. The van der Waals surface area contributed by atoms with Crippen molar-refractivity contribution in [3.05, 3.63) is 0 Å². The number of hydrazine groups is 1. The fourth-order valence-electron chi connectivity index (χ4n) is 0.473. The van der Waals surface area contributed by atoms with Gasteiger partial charge in [0.15, 0.2) is 0 Å². The molecule has 4 N–H and O–H groups in total. The van der Waals surface area contributed by atoms with E-state index >= 15 is 0 Å². The van der Waals surface area contributed by atoms with Gasteiger partial charge in [-0.25, -0.2) is 5.01 Å². The van der Waals surface area contributed by atoms with Crippen LogP contribution in [0.5, 0.6) is 0 Å². The van der Waals surface area contributed by atoms with Crippen molar-refractivity contribution in [1.29, 1.82) is 0 Å². The van der Waals surface area contributed by atoms with Crippen LogP contribution in [0.4, 0.5) is 0 Å². The Balaban J connectivity index is 3.54. The molecule has 0 spiro atoms. The molecule has 0 radical (unpaired) electrons. The summed E-state index contributed by atoms with van der Waals surface area (Å²) < 4.78 is 28.6. The number of aliphatic hydroxyl groups is 1. The molecule has 6 nitrogen and oxygen atoms in total. The lowest BCUT2D eigenvalue weighted by Gasteiger charge is -2.12. The first-order valence-electron chi connectivity index (χ1n) is 3.01. The van der Waals surface area contributed by atoms with E-state index in [4.69, 9.17) is 15.5 Å². The van der Waals surface area contributed by atoms with Crippen LogP contribution in [0.1, 0.15) is 0 Å². The second-order valence-electron chi connectivity index (χ2n) is 2.05. The average Bonchev–Trinajstić information content (AvgIpc) is 1.83. The lowest BCUT2D eigenvalue weighted by Crippen LogP contribution is -2.37. The molecule has 68 valence electrons. The maximum Gasteiger partial charge on any atom is 0.266 e. The van der Waals surface area contributed by atoms with E-state index in [0.29, 0.717) is 0 Å². The number of hydrogen-bond donors (Lipinski definition) is 3. The lowest BCUT2D eigenvalue weighted by atomic mass is 10.6. The van der Waals surface area contributed by atoms with Crippen LogP contribution in [0.2, 0.25) is 0 Å². The number of aliphatic hydroxyl groups excluding tert-OH is 1. The predicted octanol–water partition coefficient (Wildman–Crippen LogP) is -1.96. The lowest BCUT2D eigenvalue weighted by molar-refractivity contribution is 0.205. The Morgan fingerprint density at radius 1 is 1.36 bits per heavy atom. The highest BCUT2D eigenvalue weighted by Crippen LogP contribution is 1.83. The molecule has 0 amide bonds. The number of nitrogens with two attached hydrogens (primary N) is 1. The van der Waals surface area contributed by atoms with E-state index in [1.807, 2.05) is 0 Å². The van der Waals surface area contributed by atoms with Gasteiger partial charge < -0.3 is 5.11 Å². The Hall–Kier alpha value is -0.210. The minimum atomic E-state index is -3.94. The van der Waals surface area contributed by atoms with Gasteiger partial charge >= 0.3 is 0 Å². The van der Waals surface area contributed by atoms with Gasteiger partial charge in [-0.05, 0) is 0 Å². The zero-order valence-electron chi connectivity index (χ0n) is 5.97. The van der Waals surface area contributed by atoms with Crippen LogP contribution in [0.25, 0.3) is 0 Å². The maximum atomic E-state index is 10.2. The zero-order valence-corrected chi connectivity index (χ0v) is 6.79.